The van der Waals surface area contributed by atoms with Crippen LogP contribution in [0.25, 0.3) is 0 Å². The average Bonchev–Trinajstić information content (AvgIpc) is 2.74. The molecule has 3 rings (SSSR count). The lowest BCUT2D eigenvalue weighted by molar-refractivity contribution is -0.121. The van der Waals surface area contributed by atoms with E-state index in [4.69, 9.17) is 11.6 Å². The molecule has 6 nitrogen and oxygen atoms in total. The number of carbonyl (C=O) groups is 1. The standard InChI is InChI=1S/C23H30ClN3O3S/c1-31(29,30)27(17-21-11-5-6-12-22(21)24)18-23(28)25-15-19-9-3-4-10-20(19)16-26-13-7-2-8-14-26/h3-6,9-12H,2,7-8,13-18H2,1H3,(H,25,28). The van der Waals surface area contributed by atoms with Gasteiger partial charge in [0, 0.05) is 24.7 Å². The van der Waals surface area contributed by atoms with Crippen molar-refractivity contribution in [2.45, 2.75) is 38.9 Å². The summed E-state index contributed by atoms with van der Waals surface area (Å²) >= 11 is 6.17. The molecule has 1 amide bonds. The Balaban J connectivity index is 1.61. The van der Waals surface area contributed by atoms with Crippen LogP contribution >= 0.6 is 11.6 Å². The number of nitrogens with one attached hydrogen (secondary N) is 1. The predicted molar refractivity (Wildman–Crippen MR) is 124 cm³/mol. The highest BCUT2D eigenvalue weighted by Crippen LogP contribution is 2.19. The van der Waals surface area contributed by atoms with Crippen LogP contribution in [0.5, 0.6) is 0 Å². The number of halogens is 1. The lowest BCUT2D eigenvalue weighted by atomic mass is 10.0. The largest absolute Gasteiger partial charge is 0.351 e. The van der Waals surface area contributed by atoms with Crippen LogP contribution in [-0.2, 0) is 34.5 Å². The Hall–Kier alpha value is -1.93. The van der Waals surface area contributed by atoms with Gasteiger partial charge in [-0.05, 0) is 48.7 Å². The number of amides is 1. The summed E-state index contributed by atoms with van der Waals surface area (Å²) < 4.78 is 25.6. The van der Waals surface area contributed by atoms with Crippen LogP contribution in [0, 0.1) is 0 Å². The van der Waals surface area contributed by atoms with Crippen LogP contribution in [-0.4, -0.2) is 49.4 Å². The summed E-state index contributed by atoms with van der Waals surface area (Å²) in [5.74, 6) is -0.342. The monoisotopic (exact) mass is 463 g/mol. The fourth-order valence-electron chi connectivity index (χ4n) is 3.76. The van der Waals surface area contributed by atoms with E-state index in [1.54, 1.807) is 24.3 Å². The minimum Gasteiger partial charge on any atom is -0.351 e. The Morgan fingerprint density at radius 1 is 1.00 bits per heavy atom. The summed E-state index contributed by atoms with van der Waals surface area (Å²) in [4.78, 5) is 15.0. The molecule has 1 heterocycles. The van der Waals surface area contributed by atoms with Crippen molar-refractivity contribution in [2.24, 2.45) is 0 Å². The lowest BCUT2D eigenvalue weighted by Crippen LogP contribution is -2.39. The van der Waals surface area contributed by atoms with Crippen LogP contribution in [0.3, 0.4) is 0 Å². The van der Waals surface area contributed by atoms with Gasteiger partial charge in [0.25, 0.3) is 0 Å². The second-order valence-corrected chi connectivity index (χ2v) is 10.4. The van der Waals surface area contributed by atoms with Gasteiger partial charge in [-0.2, -0.15) is 4.31 Å². The summed E-state index contributed by atoms with van der Waals surface area (Å²) in [6.45, 7) is 3.24. The maximum Gasteiger partial charge on any atom is 0.235 e. The smallest absolute Gasteiger partial charge is 0.235 e. The van der Waals surface area contributed by atoms with Crippen LogP contribution in [0.2, 0.25) is 5.02 Å². The van der Waals surface area contributed by atoms with E-state index in [9.17, 15) is 13.2 Å². The number of nitrogens with zero attached hydrogens (tertiary/aromatic N) is 2. The molecule has 0 atom stereocenters. The number of benzene rings is 2. The maximum absolute atomic E-state index is 12.6. The molecule has 31 heavy (non-hydrogen) atoms. The van der Waals surface area contributed by atoms with Crippen molar-refractivity contribution in [2.75, 3.05) is 25.9 Å². The SMILES string of the molecule is CS(=O)(=O)N(CC(=O)NCc1ccccc1CN1CCCCC1)Cc1ccccc1Cl. The summed E-state index contributed by atoms with van der Waals surface area (Å²) in [7, 11) is -3.58. The highest BCUT2D eigenvalue weighted by atomic mass is 35.5. The van der Waals surface area contributed by atoms with E-state index in [0.29, 0.717) is 17.1 Å². The third kappa shape index (κ3) is 7.31. The summed E-state index contributed by atoms with van der Waals surface area (Å²) in [5.41, 5.74) is 2.91. The topological polar surface area (TPSA) is 69.7 Å². The normalized spacial score (nSPS) is 15.2. The van der Waals surface area contributed by atoms with E-state index in [2.05, 4.69) is 16.3 Å². The Labute approximate surface area is 190 Å². The zero-order valence-corrected chi connectivity index (χ0v) is 19.5. The number of likely N-dealkylation sites (tertiary alicyclic amines) is 1. The third-order valence-electron chi connectivity index (χ3n) is 5.53. The summed E-state index contributed by atoms with van der Waals surface area (Å²) in [6.07, 6.45) is 4.85. The molecule has 1 aliphatic rings. The van der Waals surface area contributed by atoms with Crippen LogP contribution < -0.4 is 5.32 Å². The van der Waals surface area contributed by atoms with Gasteiger partial charge in [-0.1, -0.05) is 60.5 Å². The van der Waals surface area contributed by atoms with E-state index in [1.165, 1.54) is 24.8 Å². The minimum atomic E-state index is -3.58. The molecule has 1 saturated heterocycles. The highest BCUT2D eigenvalue weighted by molar-refractivity contribution is 7.88. The van der Waals surface area contributed by atoms with Crippen molar-refractivity contribution < 1.29 is 13.2 Å². The zero-order valence-electron chi connectivity index (χ0n) is 17.9. The molecule has 1 N–H and O–H groups in total. The number of sulfonamides is 1. The third-order valence-corrected chi connectivity index (χ3v) is 7.10. The molecule has 0 aromatic heterocycles. The maximum atomic E-state index is 12.6. The van der Waals surface area contributed by atoms with Crippen molar-refractivity contribution in [3.05, 3.63) is 70.2 Å². The zero-order chi connectivity index (χ0) is 22.3. The quantitative estimate of drug-likeness (QED) is 0.618. The van der Waals surface area contributed by atoms with E-state index in [0.717, 1.165) is 35.8 Å². The number of piperidine rings is 1. The lowest BCUT2D eigenvalue weighted by Gasteiger charge is -2.27. The van der Waals surface area contributed by atoms with Gasteiger partial charge in [0.05, 0.1) is 12.8 Å². The van der Waals surface area contributed by atoms with Gasteiger partial charge in [-0.15, -0.1) is 0 Å². The van der Waals surface area contributed by atoms with E-state index < -0.39 is 10.0 Å². The molecule has 2 aromatic rings. The molecule has 8 heteroatoms. The minimum absolute atomic E-state index is 0.0530. The molecule has 2 aromatic carbocycles. The van der Waals surface area contributed by atoms with Crippen LogP contribution in [0.15, 0.2) is 48.5 Å². The Kier molecular flexibility index (Phi) is 8.49. The fourth-order valence-corrected chi connectivity index (χ4v) is 4.68. The second-order valence-electron chi connectivity index (χ2n) is 8.00. The second kappa shape index (κ2) is 11.1. The number of rotatable bonds is 9. The molecular weight excluding hydrogens is 434 g/mol. The first-order valence-electron chi connectivity index (χ1n) is 10.6. The van der Waals surface area contributed by atoms with Crippen molar-refractivity contribution >= 4 is 27.5 Å². The molecule has 1 aliphatic heterocycles. The highest BCUT2D eigenvalue weighted by Gasteiger charge is 2.21. The van der Waals surface area contributed by atoms with Crippen molar-refractivity contribution in [3.63, 3.8) is 0 Å². The van der Waals surface area contributed by atoms with Crippen molar-refractivity contribution in [1.82, 2.24) is 14.5 Å². The molecule has 0 unspecified atom stereocenters. The first-order chi connectivity index (χ1) is 14.8. The molecule has 168 valence electrons. The van der Waals surface area contributed by atoms with E-state index >= 15 is 0 Å². The first-order valence-corrected chi connectivity index (χ1v) is 12.8. The van der Waals surface area contributed by atoms with Crippen LogP contribution in [0.1, 0.15) is 36.0 Å². The van der Waals surface area contributed by atoms with Gasteiger partial charge in [-0.25, -0.2) is 8.42 Å². The van der Waals surface area contributed by atoms with Gasteiger partial charge in [0.1, 0.15) is 0 Å². The summed E-state index contributed by atoms with van der Waals surface area (Å²) in [6, 6.07) is 15.1. The molecule has 0 spiro atoms. The first kappa shape index (κ1) is 23.7. The Bertz CT molecular complexity index is 991. The average molecular weight is 464 g/mol. The molecule has 0 aliphatic carbocycles. The fraction of sp³-hybridized carbons (Fsp3) is 0.435. The van der Waals surface area contributed by atoms with E-state index in [-0.39, 0.29) is 19.0 Å². The van der Waals surface area contributed by atoms with Gasteiger partial charge in [0.2, 0.25) is 15.9 Å². The predicted octanol–water partition coefficient (Wildman–Crippen LogP) is 3.40. The molecule has 0 bridgehead atoms. The van der Waals surface area contributed by atoms with Gasteiger partial charge < -0.3 is 5.32 Å². The van der Waals surface area contributed by atoms with E-state index in [1.807, 2.05) is 18.2 Å². The van der Waals surface area contributed by atoms with Gasteiger partial charge in [0.15, 0.2) is 0 Å². The van der Waals surface area contributed by atoms with Gasteiger partial charge in [-0.3, -0.25) is 9.69 Å². The Morgan fingerprint density at radius 3 is 2.26 bits per heavy atom. The number of hydrogen-bond acceptors (Lipinski definition) is 4. The molecule has 0 radical (unpaired) electrons. The molecule has 1 fully saturated rings. The van der Waals surface area contributed by atoms with Crippen molar-refractivity contribution in [3.8, 4) is 0 Å². The number of hydrogen-bond donors (Lipinski definition) is 1. The van der Waals surface area contributed by atoms with Crippen molar-refractivity contribution in [1.29, 1.82) is 0 Å². The summed E-state index contributed by atoms with van der Waals surface area (Å²) in [5, 5.41) is 3.36. The molecule has 0 saturated carbocycles. The van der Waals surface area contributed by atoms with Gasteiger partial charge >= 0.3 is 0 Å². The Morgan fingerprint density at radius 2 is 1.61 bits per heavy atom. The van der Waals surface area contributed by atoms with Crippen LogP contribution in [0.4, 0.5) is 0 Å². The molecular formula is C23H30ClN3O3S. The number of carbonyl (C=O) groups excluding carboxylic acids is 1.